The van der Waals surface area contributed by atoms with Crippen molar-refractivity contribution in [1.29, 1.82) is 0 Å². The van der Waals surface area contributed by atoms with Gasteiger partial charge < -0.3 is 10.4 Å². The average Bonchev–Trinajstić information content (AvgIpc) is 3.24. The summed E-state index contributed by atoms with van der Waals surface area (Å²) in [6.07, 6.45) is 0.646. The van der Waals surface area contributed by atoms with Gasteiger partial charge in [-0.1, -0.05) is 35.3 Å². The summed E-state index contributed by atoms with van der Waals surface area (Å²) >= 11 is 12.5. The molecule has 11 heteroatoms. The molecule has 1 aromatic carbocycles. The number of rotatable bonds is 8. The van der Waals surface area contributed by atoms with Crippen molar-refractivity contribution < 1.29 is 19.1 Å². The zero-order valence-corrected chi connectivity index (χ0v) is 22.3. The number of aryl methyl sites for hydroxylation is 1. The van der Waals surface area contributed by atoms with Gasteiger partial charge in [-0.05, 0) is 52.3 Å². The van der Waals surface area contributed by atoms with Crippen molar-refractivity contribution in [2.45, 2.75) is 52.6 Å². The Balaban J connectivity index is 1.61. The lowest BCUT2D eigenvalue weighted by atomic mass is 9.72. The van der Waals surface area contributed by atoms with E-state index in [0.29, 0.717) is 48.8 Å². The summed E-state index contributed by atoms with van der Waals surface area (Å²) in [6.45, 7) is 5.92. The number of aromatic nitrogens is 3. The smallest absolute Gasteiger partial charge is 0.310 e. The fourth-order valence-corrected chi connectivity index (χ4v) is 5.37. The molecule has 8 nitrogen and oxygen atoms in total. The number of H-pyrrole nitrogens is 1. The Labute approximate surface area is 224 Å². The fraction of sp³-hybridized carbons (Fsp3) is 0.385. The van der Waals surface area contributed by atoms with E-state index in [9.17, 15) is 19.1 Å². The predicted octanol–water partition coefficient (Wildman–Crippen LogP) is 5.80. The van der Waals surface area contributed by atoms with Gasteiger partial charge in [0.2, 0.25) is 0 Å². The Morgan fingerprint density at radius 3 is 2.68 bits per heavy atom. The first-order valence-corrected chi connectivity index (χ1v) is 12.6. The second-order valence-corrected chi connectivity index (χ2v) is 10.5. The highest BCUT2D eigenvalue weighted by Crippen LogP contribution is 2.41. The Hall–Kier alpha value is -3.01. The number of halogens is 3. The first-order chi connectivity index (χ1) is 17.5. The van der Waals surface area contributed by atoms with Crippen LogP contribution >= 0.6 is 23.2 Å². The van der Waals surface area contributed by atoms with Gasteiger partial charge in [-0.15, -0.1) is 0 Å². The lowest BCUT2D eigenvalue weighted by Gasteiger charge is -2.43. The molecule has 2 aromatic heterocycles. The molecule has 0 amide bonds. The molecule has 2 atom stereocenters. The van der Waals surface area contributed by atoms with Crippen molar-refractivity contribution in [3.05, 3.63) is 68.7 Å². The van der Waals surface area contributed by atoms with Crippen LogP contribution in [0.5, 0.6) is 0 Å². The monoisotopic (exact) mass is 547 g/mol. The fourth-order valence-electron chi connectivity index (χ4n) is 4.88. The predicted molar refractivity (Wildman–Crippen MR) is 140 cm³/mol. The molecule has 4 rings (SSSR count). The number of ketones is 1. The van der Waals surface area contributed by atoms with E-state index in [1.165, 1.54) is 19.1 Å². The molecule has 196 valence electrons. The van der Waals surface area contributed by atoms with Gasteiger partial charge in [0.25, 0.3) is 0 Å². The SMILES string of the molecule is CC(=O)c1cc(Nc2cc(C)[nH]n2)nc(C[C@@]2(C(=O)O)CCN(Cc3cccc(Cl)c3F)[C@H](C)C2)c1Cl. The number of anilines is 2. The first-order valence-electron chi connectivity index (χ1n) is 11.9. The number of aromatic amines is 1. The van der Waals surface area contributed by atoms with Crippen molar-refractivity contribution in [3.8, 4) is 0 Å². The number of piperidine rings is 1. The zero-order valence-electron chi connectivity index (χ0n) is 20.7. The van der Waals surface area contributed by atoms with Crippen LogP contribution < -0.4 is 5.32 Å². The van der Waals surface area contributed by atoms with E-state index in [1.54, 1.807) is 18.2 Å². The van der Waals surface area contributed by atoms with Crippen molar-refractivity contribution in [2.75, 3.05) is 11.9 Å². The molecular weight excluding hydrogens is 520 g/mol. The topological polar surface area (TPSA) is 111 Å². The Morgan fingerprint density at radius 1 is 1.30 bits per heavy atom. The number of carboxylic acids is 1. The number of hydrogen-bond acceptors (Lipinski definition) is 6. The van der Waals surface area contributed by atoms with Gasteiger partial charge >= 0.3 is 5.97 Å². The number of carbonyl (C=O) groups is 2. The maximum atomic E-state index is 14.5. The quantitative estimate of drug-likeness (QED) is 0.305. The van der Waals surface area contributed by atoms with Gasteiger partial charge in [-0.25, -0.2) is 9.37 Å². The second-order valence-electron chi connectivity index (χ2n) is 9.68. The van der Waals surface area contributed by atoms with E-state index in [-0.39, 0.29) is 33.9 Å². The highest BCUT2D eigenvalue weighted by molar-refractivity contribution is 6.34. The van der Waals surface area contributed by atoms with E-state index in [2.05, 4.69) is 20.5 Å². The summed E-state index contributed by atoms with van der Waals surface area (Å²) in [5, 5.41) is 20.6. The minimum Gasteiger partial charge on any atom is -0.481 e. The lowest BCUT2D eigenvalue weighted by Crippen LogP contribution is -2.49. The number of likely N-dealkylation sites (tertiary alicyclic amines) is 1. The van der Waals surface area contributed by atoms with Crippen molar-refractivity contribution in [3.63, 3.8) is 0 Å². The van der Waals surface area contributed by atoms with Crippen molar-refractivity contribution in [1.82, 2.24) is 20.1 Å². The molecule has 3 aromatic rings. The Morgan fingerprint density at radius 2 is 2.05 bits per heavy atom. The van der Waals surface area contributed by atoms with Gasteiger partial charge in [0.1, 0.15) is 11.6 Å². The number of aliphatic carboxylic acids is 1. The van der Waals surface area contributed by atoms with E-state index in [4.69, 9.17) is 23.2 Å². The molecule has 3 N–H and O–H groups in total. The highest BCUT2D eigenvalue weighted by atomic mass is 35.5. The van der Waals surface area contributed by atoms with Gasteiger partial charge in [0.05, 0.1) is 21.2 Å². The number of carbonyl (C=O) groups excluding carboxylic acids is 1. The average molecular weight is 548 g/mol. The summed E-state index contributed by atoms with van der Waals surface area (Å²) in [6, 6.07) is 8.03. The minimum absolute atomic E-state index is 0.0419. The second kappa shape index (κ2) is 10.8. The molecule has 37 heavy (non-hydrogen) atoms. The van der Waals surface area contributed by atoms with Crippen LogP contribution in [0.25, 0.3) is 0 Å². The van der Waals surface area contributed by atoms with Crippen LogP contribution in [0, 0.1) is 18.2 Å². The van der Waals surface area contributed by atoms with Gasteiger partial charge in [-0.2, -0.15) is 5.10 Å². The molecule has 1 aliphatic heterocycles. The molecule has 1 fully saturated rings. The number of hydrogen-bond donors (Lipinski definition) is 3. The van der Waals surface area contributed by atoms with Crippen LogP contribution in [0.2, 0.25) is 10.0 Å². The normalized spacial score (nSPS) is 20.1. The van der Waals surface area contributed by atoms with Crippen LogP contribution in [0.3, 0.4) is 0 Å². The Bertz CT molecular complexity index is 1350. The summed E-state index contributed by atoms with van der Waals surface area (Å²) < 4.78 is 14.5. The molecule has 0 aliphatic carbocycles. The van der Waals surface area contributed by atoms with Crippen molar-refractivity contribution in [2.24, 2.45) is 5.41 Å². The van der Waals surface area contributed by atoms with Crippen LogP contribution in [-0.4, -0.2) is 49.5 Å². The van der Waals surface area contributed by atoms with E-state index >= 15 is 0 Å². The van der Waals surface area contributed by atoms with Crippen LogP contribution in [0.15, 0.2) is 30.3 Å². The standard InChI is InChI=1S/C26H28Cl2FN5O3/c1-14-9-22(33-32-14)31-21-10-18(16(3)35)23(28)20(30-21)12-26(25(36)37)7-8-34(15(2)11-26)13-17-5-4-6-19(27)24(17)29/h4-6,9-10,15H,7-8,11-13H2,1-3H3,(H,36,37)(H2,30,31,32,33)/t15-,26-/m1/s1. The summed E-state index contributed by atoms with van der Waals surface area (Å²) in [5.41, 5.74) is 0.726. The van der Waals surface area contributed by atoms with E-state index < -0.39 is 17.2 Å². The lowest BCUT2D eigenvalue weighted by molar-refractivity contribution is -0.153. The summed E-state index contributed by atoms with van der Waals surface area (Å²) in [7, 11) is 0. The van der Waals surface area contributed by atoms with Gasteiger partial charge in [0.15, 0.2) is 11.6 Å². The largest absolute Gasteiger partial charge is 0.481 e. The zero-order chi connectivity index (χ0) is 26.9. The minimum atomic E-state index is -1.16. The number of pyridine rings is 1. The number of nitrogens with zero attached hydrogens (tertiary/aromatic N) is 3. The van der Waals surface area contributed by atoms with Crippen LogP contribution in [-0.2, 0) is 17.8 Å². The van der Waals surface area contributed by atoms with Crippen LogP contribution in [0.4, 0.5) is 16.0 Å². The molecule has 3 heterocycles. The van der Waals surface area contributed by atoms with E-state index in [1.807, 2.05) is 18.7 Å². The first kappa shape index (κ1) is 27.0. The molecule has 1 aliphatic rings. The Kier molecular flexibility index (Phi) is 7.87. The third kappa shape index (κ3) is 5.79. The number of benzene rings is 1. The third-order valence-corrected chi connectivity index (χ3v) is 7.63. The number of nitrogens with one attached hydrogen (secondary N) is 2. The third-order valence-electron chi connectivity index (χ3n) is 6.92. The highest BCUT2D eigenvalue weighted by Gasteiger charge is 2.45. The molecule has 0 saturated carbocycles. The molecule has 1 saturated heterocycles. The molecule has 0 bridgehead atoms. The molecule has 0 unspecified atom stereocenters. The maximum absolute atomic E-state index is 14.5. The van der Waals surface area contributed by atoms with Gasteiger partial charge in [-0.3, -0.25) is 19.6 Å². The summed E-state index contributed by atoms with van der Waals surface area (Å²) in [4.78, 5) is 31.6. The number of Topliss-reactive ketones (excluding diaryl/α,β-unsaturated/α-hetero) is 1. The number of carboxylic acid groups (broad SMARTS) is 1. The summed E-state index contributed by atoms with van der Waals surface area (Å²) in [5.74, 6) is -0.826. The maximum Gasteiger partial charge on any atom is 0.310 e. The van der Waals surface area contributed by atoms with Crippen LogP contribution in [0.1, 0.15) is 54.0 Å². The van der Waals surface area contributed by atoms with E-state index in [0.717, 1.165) is 5.69 Å². The molecule has 0 spiro atoms. The van der Waals surface area contributed by atoms with Crippen molar-refractivity contribution >= 4 is 46.6 Å². The molecular formula is C26H28Cl2FN5O3. The molecule has 0 radical (unpaired) electrons. The van der Waals surface area contributed by atoms with Gasteiger partial charge in [0, 0.05) is 41.9 Å².